The molecular formula is C33H40O21. The van der Waals surface area contributed by atoms with E-state index in [0.29, 0.717) is 0 Å². The van der Waals surface area contributed by atoms with Crippen LogP contribution in [0.25, 0.3) is 22.3 Å². The lowest BCUT2D eigenvalue weighted by atomic mass is 9.96. The topological polar surface area (TPSA) is 349 Å². The Morgan fingerprint density at radius 3 is 2.00 bits per heavy atom. The van der Waals surface area contributed by atoms with Crippen molar-refractivity contribution in [2.45, 2.75) is 99.0 Å². The minimum absolute atomic E-state index is 0.102. The highest BCUT2D eigenvalue weighted by molar-refractivity contribution is 5.88. The highest BCUT2D eigenvalue weighted by atomic mass is 16.8. The average molecular weight is 773 g/mol. The second-order valence-corrected chi connectivity index (χ2v) is 13.1. The van der Waals surface area contributed by atoms with Crippen LogP contribution in [0.3, 0.4) is 0 Å². The summed E-state index contributed by atoms with van der Waals surface area (Å²) >= 11 is 0. The summed E-state index contributed by atoms with van der Waals surface area (Å²) < 4.78 is 39.8. The van der Waals surface area contributed by atoms with Crippen LogP contribution in [0.1, 0.15) is 6.92 Å². The second kappa shape index (κ2) is 15.7. The van der Waals surface area contributed by atoms with Crippen molar-refractivity contribution in [1.82, 2.24) is 0 Å². The molecule has 3 aliphatic rings. The summed E-state index contributed by atoms with van der Waals surface area (Å²) in [6.45, 7) is -0.219. The maximum atomic E-state index is 13.9. The fourth-order valence-corrected chi connectivity index (χ4v) is 6.33. The maximum Gasteiger partial charge on any atom is 0.239 e. The monoisotopic (exact) mass is 772 g/mol. The third-order valence-electron chi connectivity index (χ3n) is 9.40. The largest absolute Gasteiger partial charge is 0.508 e. The lowest BCUT2D eigenvalue weighted by Crippen LogP contribution is -2.65. The van der Waals surface area contributed by atoms with E-state index >= 15 is 0 Å². The number of hydrogen-bond donors (Lipinski definition) is 13. The fraction of sp³-hybridized carbons (Fsp3) is 0.545. The lowest BCUT2D eigenvalue weighted by molar-refractivity contribution is -0.359. The standard InChI is InChI=1S/C33H40O21/c1-9-19(39)22(42)25(45)31(49-9)48-8-17-29(53-32-26(46)23(43)20(40)16(7-34)51-32)24(44)27(47)33(52-17)54-30-21(41)18-14(38)5-11(35)6-15(18)50-28(30)10-2-3-12(36)13(37)4-10/h2-6,9,16-17,19-20,22-27,29,31-40,42-47H,7-8H2,1H3/t9?,16?,17?,19-,20+,22-,23+,24-,25?,26?,27?,29+,31+,32-,33-/m0/s1. The molecule has 1 aromatic heterocycles. The Labute approximate surface area is 303 Å². The third kappa shape index (κ3) is 7.39. The molecule has 0 bridgehead atoms. The zero-order valence-electron chi connectivity index (χ0n) is 28.0. The Balaban J connectivity index is 1.37. The number of aliphatic hydroxyl groups is 9. The minimum atomic E-state index is -2.16. The van der Waals surface area contributed by atoms with E-state index in [0.717, 1.165) is 24.3 Å². The summed E-state index contributed by atoms with van der Waals surface area (Å²) in [5, 5.41) is 134. The molecule has 21 heteroatoms. The summed E-state index contributed by atoms with van der Waals surface area (Å²) in [7, 11) is 0. The van der Waals surface area contributed by atoms with Crippen molar-refractivity contribution in [3.63, 3.8) is 0 Å². The molecule has 15 atom stereocenters. The molecule has 13 N–H and O–H groups in total. The number of fused-ring (bicyclic) bond motifs is 1. The van der Waals surface area contributed by atoms with E-state index < -0.39 is 151 Å². The number of aliphatic hydroxyl groups excluding tert-OH is 9. The lowest BCUT2D eigenvalue weighted by Gasteiger charge is -2.46. The van der Waals surface area contributed by atoms with Crippen LogP contribution < -0.4 is 10.2 Å². The van der Waals surface area contributed by atoms with Gasteiger partial charge in [-0.05, 0) is 25.1 Å². The van der Waals surface area contributed by atoms with Gasteiger partial charge in [0.25, 0.3) is 0 Å². The van der Waals surface area contributed by atoms with Gasteiger partial charge in [-0.25, -0.2) is 0 Å². The first-order chi connectivity index (χ1) is 25.5. The van der Waals surface area contributed by atoms with E-state index in [9.17, 15) is 71.2 Å². The molecule has 3 saturated heterocycles. The van der Waals surface area contributed by atoms with Gasteiger partial charge in [0, 0.05) is 17.7 Å². The Kier molecular flexibility index (Phi) is 11.5. The summed E-state index contributed by atoms with van der Waals surface area (Å²) in [6.07, 6.45) is -26.5. The van der Waals surface area contributed by atoms with Crippen LogP contribution in [0.15, 0.2) is 39.5 Å². The molecule has 6 unspecified atom stereocenters. The number of benzene rings is 2. The van der Waals surface area contributed by atoms with Crippen LogP contribution in [0, 0.1) is 0 Å². The zero-order chi connectivity index (χ0) is 39.3. The number of rotatable bonds is 9. The van der Waals surface area contributed by atoms with Crippen molar-refractivity contribution in [3.8, 4) is 40.1 Å². The predicted octanol–water partition coefficient (Wildman–Crippen LogP) is -3.86. The Morgan fingerprint density at radius 1 is 0.667 bits per heavy atom. The molecule has 3 aliphatic heterocycles. The molecule has 3 aromatic rings. The summed E-state index contributed by atoms with van der Waals surface area (Å²) in [4.78, 5) is 13.9. The van der Waals surface area contributed by atoms with Gasteiger partial charge in [0.05, 0.1) is 19.3 Å². The van der Waals surface area contributed by atoms with Crippen LogP contribution in [-0.4, -0.2) is 172 Å². The highest BCUT2D eigenvalue weighted by Crippen LogP contribution is 2.40. The zero-order valence-corrected chi connectivity index (χ0v) is 28.0. The summed E-state index contributed by atoms with van der Waals surface area (Å²) in [6, 6.07) is 5.04. The van der Waals surface area contributed by atoms with Gasteiger partial charge < -0.3 is 99.2 Å². The Bertz CT molecular complexity index is 1850. The minimum Gasteiger partial charge on any atom is -0.508 e. The average Bonchev–Trinajstić information content (AvgIpc) is 3.13. The van der Waals surface area contributed by atoms with Crippen molar-refractivity contribution in [2.24, 2.45) is 0 Å². The van der Waals surface area contributed by atoms with Crippen LogP contribution in [0.2, 0.25) is 0 Å². The molecule has 3 fully saturated rings. The highest BCUT2D eigenvalue weighted by Gasteiger charge is 2.52. The molecule has 6 rings (SSSR count). The number of phenolic OH excluding ortho intramolecular Hbond substituents is 4. The van der Waals surface area contributed by atoms with Crippen LogP contribution in [0.4, 0.5) is 0 Å². The van der Waals surface area contributed by atoms with Crippen molar-refractivity contribution in [3.05, 3.63) is 40.6 Å². The molecule has 54 heavy (non-hydrogen) atoms. The quantitative estimate of drug-likeness (QED) is 0.0925. The molecule has 0 radical (unpaired) electrons. The smallest absolute Gasteiger partial charge is 0.239 e. The van der Waals surface area contributed by atoms with Crippen molar-refractivity contribution in [2.75, 3.05) is 13.2 Å². The molecule has 2 aromatic carbocycles. The van der Waals surface area contributed by atoms with Crippen molar-refractivity contribution >= 4 is 11.0 Å². The van der Waals surface area contributed by atoms with Gasteiger partial charge in [0.2, 0.25) is 17.5 Å². The first kappa shape index (κ1) is 39.8. The van der Waals surface area contributed by atoms with Gasteiger partial charge in [-0.15, -0.1) is 0 Å². The summed E-state index contributed by atoms with van der Waals surface area (Å²) in [5.74, 6) is -3.72. The molecule has 0 amide bonds. The molecule has 0 aliphatic carbocycles. The van der Waals surface area contributed by atoms with Crippen LogP contribution in [-0.2, 0) is 23.7 Å². The van der Waals surface area contributed by atoms with Crippen molar-refractivity contribution in [1.29, 1.82) is 0 Å². The number of phenols is 4. The van der Waals surface area contributed by atoms with Crippen LogP contribution in [0.5, 0.6) is 28.7 Å². The Hall–Kier alpha value is -3.91. The van der Waals surface area contributed by atoms with Gasteiger partial charge in [-0.1, -0.05) is 0 Å². The van der Waals surface area contributed by atoms with Crippen LogP contribution >= 0.6 is 0 Å². The molecule has 0 spiro atoms. The number of hydrogen-bond acceptors (Lipinski definition) is 21. The van der Waals surface area contributed by atoms with Gasteiger partial charge in [0.15, 0.2) is 29.8 Å². The van der Waals surface area contributed by atoms with E-state index in [4.69, 9.17) is 32.8 Å². The van der Waals surface area contributed by atoms with E-state index in [-0.39, 0.29) is 11.1 Å². The number of ether oxygens (including phenoxy) is 6. The third-order valence-corrected chi connectivity index (χ3v) is 9.40. The molecule has 4 heterocycles. The molecule has 298 valence electrons. The first-order valence-corrected chi connectivity index (χ1v) is 16.5. The Morgan fingerprint density at radius 2 is 1.31 bits per heavy atom. The number of aromatic hydroxyl groups is 4. The molecule has 0 saturated carbocycles. The normalized spacial score (nSPS) is 37.3. The fourth-order valence-electron chi connectivity index (χ4n) is 6.33. The van der Waals surface area contributed by atoms with Crippen molar-refractivity contribution < 1.29 is 99.2 Å². The van der Waals surface area contributed by atoms with Gasteiger partial charge in [-0.3, -0.25) is 4.79 Å². The van der Waals surface area contributed by atoms with E-state index in [1.807, 2.05) is 0 Å². The van der Waals surface area contributed by atoms with Gasteiger partial charge in [-0.2, -0.15) is 0 Å². The van der Waals surface area contributed by atoms with E-state index in [1.54, 1.807) is 0 Å². The SMILES string of the molecule is CC1O[C@@H](OCC2O[C@@H](Oc3c(-c4ccc(O)c(O)c4)oc4cc(O)cc(O)c4c3=O)C(O)[C@H](O)[C@@H]2O[C@@H]2OC(CO)[C@@H](O)[C@@H](O)C2O)C(O)[C@@H](O)[C@H]1O. The molecule has 21 nitrogen and oxygen atoms in total. The first-order valence-electron chi connectivity index (χ1n) is 16.5. The second-order valence-electron chi connectivity index (χ2n) is 13.1. The van der Waals surface area contributed by atoms with Gasteiger partial charge >= 0.3 is 0 Å². The van der Waals surface area contributed by atoms with Gasteiger partial charge in [0.1, 0.15) is 89.6 Å². The van der Waals surface area contributed by atoms with E-state index in [1.165, 1.54) is 13.0 Å². The predicted molar refractivity (Wildman–Crippen MR) is 173 cm³/mol. The van der Waals surface area contributed by atoms with E-state index in [2.05, 4.69) is 0 Å². The summed E-state index contributed by atoms with van der Waals surface area (Å²) in [5.41, 5.74) is -1.56. The maximum absolute atomic E-state index is 13.9. The molecular weight excluding hydrogens is 732 g/mol.